The summed E-state index contributed by atoms with van der Waals surface area (Å²) in [6.45, 7) is 0. The van der Waals surface area contributed by atoms with Gasteiger partial charge in [0, 0.05) is 5.56 Å². The summed E-state index contributed by atoms with van der Waals surface area (Å²) in [4.78, 5) is 12.0. The summed E-state index contributed by atoms with van der Waals surface area (Å²) >= 11 is 0. The van der Waals surface area contributed by atoms with Crippen molar-refractivity contribution in [1.29, 1.82) is 0 Å². The molecule has 0 unspecified atom stereocenters. The molecule has 2 nitrogen and oxygen atoms in total. The van der Waals surface area contributed by atoms with E-state index in [1.54, 1.807) is 0 Å². The molecular formula is C16H10F6O2. The lowest BCUT2D eigenvalue weighted by Crippen LogP contribution is -2.14. The fourth-order valence-corrected chi connectivity index (χ4v) is 1.99. The lowest BCUT2D eigenvalue weighted by atomic mass is 9.98. The number of carbonyl (C=O) groups is 1. The fraction of sp³-hybridized carbons (Fsp3) is 0.188. The van der Waals surface area contributed by atoms with E-state index >= 15 is 0 Å². The Morgan fingerprint density at radius 1 is 0.750 bits per heavy atom. The highest BCUT2D eigenvalue weighted by atomic mass is 19.4. The molecule has 0 saturated carbocycles. The number of ketones is 1. The number of alkyl halides is 6. The highest BCUT2D eigenvalue weighted by Gasteiger charge is 2.32. The molecule has 0 saturated heterocycles. The van der Waals surface area contributed by atoms with Gasteiger partial charge in [-0.15, -0.1) is 0 Å². The molecule has 2 rings (SSSR count). The predicted octanol–water partition coefficient (Wildman–Crippen LogP) is 4.64. The topological polar surface area (TPSA) is 37.3 Å². The van der Waals surface area contributed by atoms with E-state index in [0.717, 1.165) is 24.3 Å². The Kier molecular flexibility index (Phi) is 4.70. The molecule has 0 amide bonds. The average molecular weight is 348 g/mol. The average Bonchev–Trinajstić information content (AvgIpc) is 2.52. The van der Waals surface area contributed by atoms with Gasteiger partial charge in [-0.2, -0.15) is 26.3 Å². The van der Waals surface area contributed by atoms with E-state index in [1.807, 2.05) is 0 Å². The number of rotatable bonds is 3. The number of aliphatic hydroxyl groups is 1. The minimum absolute atomic E-state index is 0.0899. The van der Waals surface area contributed by atoms with Gasteiger partial charge in [0.2, 0.25) is 0 Å². The van der Waals surface area contributed by atoms with Crippen molar-refractivity contribution in [2.45, 2.75) is 18.5 Å². The standard InChI is InChI=1S/C16H10F6O2/c17-15(18,19)11-5-1-9(2-6-11)13(23)14(24)10-3-7-12(8-4-10)16(20,21)22/h1-8,13,23H/t13-/m1/s1. The molecule has 0 radical (unpaired) electrons. The molecule has 2 aromatic rings. The number of benzene rings is 2. The second-order valence-corrected chi connectivity index (χ2v) is 4.96. The molecule has 1 N–H and O–H groups in total. The van der Waals surface area contributed by atoms with Crippen molar-refractivity contribution < 1.29 is 36.2 Å². The zero-order valence-electron chi connectivity index (χ0n) is 11.8. The van der Waals surface area contributed by atoms with Gasteiger partial charge in [-0.1, -0.05) is 24.3 Å². The van der Waals surface area contributed by atoms with Crippen LogP contribution >= 0.6 is 0 Å². The second kappa shape index (κ2) is 6.27. The van der Waals surface area contributed by atoms with Gasteiger partial charge < -0.3 is 5.11 Å². The molecule has 0 bridgehead atoms. The first-order valence-electron chi connectivity index (χ1n) is 6.57. The minimum atomic E-state index is -4.56. The first-order valence-corrected chi connectivity index (χ1v) is 6.57. The first kappa shape index (κ1) is 18.0. The molecule has 2 aromatic carbocycles. The Hall–Kier alpha value is -2.35. The molecular weight excluding hydrogens is 338 g/mol. The van der Waals surface area contributed by atoms with E-state index in [0.29, 0.717) is 24.3 Å². The van der Waals surface area contributed by atoms with Crippen LogP contribution in [-0.4, -0.2) is 10.9 Å². The van der Waals surface area contributed by atoms with Gasteiger partial charge in [0.05, 0.1) is 11.1 Å². The Labute approximate surface area is 132 Å². The van der Waals surface area contributed by atoms with Crippen LogP contribution in [0.4, 0.5) is 26.3 Å². The molecule has 0 aliphatic carbocycles. The van der Waals surface area contributed by atoms with Gasteiger partial charge in [-0.25, -0.2) is 0 Å². The number of hydrogen-bond donors (Lipinski definition) is 1. The molecule has 0 aromatic heterocycles. The Balaban J connectivity index is 2.20. The van der Waals surface area contributed by atoms with Gasteiger partial charge in [-0.3, -0.25) is 4.79 Å². The zero-order valence-corrected chi connectivity index (χ0v) is 11.8. The maximum atomic E-state index is 12.5. The summed E-state index contributed by atoms with van der Waals surface area (Å²) in [5.74, 6) is -0.913. The van der Waals surface area contributed by atoms with Crippen LogP contribution in [0, 0.1) is 0 Å². The quantitative estimate of drug-likeness (QED) is 0.648. The summed E-state index contributed by atoms with van der Waals surface area (Å²) < 4.78 is 74.7. The van der Waals surface area contributed by atoms with Crippen LogP contribution in [-0.2, 0) is 12.4 Å². The SMILES string of the molecule is O=C(c1ccc(C(F)(F)F)cc1)[C@H](O)c1ccc(C(F)(F)F)cc1. The smallest absolute Gasteiger partial charge is 0.380 e. The second-order valence-electron chi connectivity index (χ2n) is 4.96. The maximum Gasteiger partial charge on any atom is 0.416 e. The summed E-state index contributed by atoms with van der Waals surface area (Å²) in [5, 5.41) is 9.91. The molecule has 1 atom stereocenters. The fourth-order valence-electron chi connectivity index (χ4n) is 1.99. The normalized spacial score (nSPS) is 13.6. The number of halogens is 6. The van der Waals surface area contributed by atoms with Crippen LogP contribution in [0.3, 0.4) is 0 Å². The lowest BCUT2D eigenvalue weighted by molar-refractivity contribution is -0.138. The van der Waals surface area contributed by atoms with Crippen molar-refractivity contribution >= 4 is 5.78 Å². The third-order valence-electron chi connectivity index (χ3n) is 3.30. The summed E-state index contributed by atoms with van der Waals surface area (Å²) in [7, 11) is 0. The van der Waals surface area contributed by atoms with Gasteiger partial charge in [0.25, 0.3) is 0 Å². The van der Waals surface area contributed by atoms with Gasteiger partial charge >= 0.3 is 12.4 Å². The molecule has 0 aliphatic rings. The molecule has 128 valence electrons. The highest BCUT2D eigenvalue weighted by molar-refractivity contribution is 5.99. The van der Waals surface area contributed by atoms with Crippen molar-refractivity contribution in [1.82, 2.24) is 0 Å². The summed E-state index contributed by atoms with van der Waals surface area (Å²) in [6, 6.07) is 6.47. The van der Waals surface area contributed by atoms with Crippen LogP contribution in [0.2, 0.25) is 0 Å². The van der Waals surface area contributed by atoms with Gasteiger partial charge in [-0.05, 0) is 29.8 Å². The van der Waals surface area contributed by atoms with E-state index in [9.17, 15) is 36.2 Å². The third-order valence-corrected chi connectivity index (χ3v) is 3.30. The minimum Gasteiger partial charge on any atom is -0.380 e. The number of carbonyl (C=O) groups excluding carboxylic acids is 1. The molecule has 0 heterocycles. The van der Waals surface area contributed by atoms with E-state index in [-0.39, 0.29) is 11.1 Å². The summed E-state index contributed by atoms with van der Waals surface area (Å²) in [5.41, 5.74) is -2.17. The lowest BCUT2D eigenvalue weighted by Gasteiger charge is -2.13. The van der Waals surface area contributed by atoms with Crippen molar-refractivity contribution in [3.8, 4) is 0 Å². The van der Waals surface area contributed by atoms with Crippen LogP contribution in [0.15, 0.2) is 48.5 Å². The Morgan fingerprint density at radius 3 is 1.50 bits per heavy atom. The summed E-state index contributed by atoms with van der Waals surface area (Å²) in [6.07, 6.45) is -10.9. The molecule has 0 spiro atoms. The third kappa shape index (κ3) is 3.94. The maximum absolute atomic E-state index is 12.5. The highest BCUT2D eigenvalue weighted by Crippen LogP contribution is 2.31. The molecule has 0 aliphatic heterocycles. The van der Waals surface area contributed by atoms with Crippen LogP contribution in [0.5, 0.6) is 0 Å². The van der Waals surface area contributed by atoms with Gasteiger partial charge in [0.1, 0.15) is 6.10 Å². The van der Waals surface area contributed by atoms with Crippen LogP contribution < -0.4 is 0 Å². The Morgan fingerprint density at radius 2 is 1.12 bits per heavy atom. The molecule has 24 heavy (non-hydrogen) atoms. The van der Waals surface area contributed by atoms with Crippen molar-refractivity contribution in [2.75, 3.05) is 0 Å². The number of aliphatic hydroxyl groups excluding tert-OH is 1. The van der Waals surface area contributed by atoms with Crippen LogP contribution in [0.1, 0.15) is 33.2 Å². The van der Waals surface area contributed by atoms with Crippen LogP contribution in [0.25, 0.3) is 0 Å². The van der Waals surface area contributed by atoms with E-state index < -0.39 is 35.4 Å². The van der Waals surface area contributed by atoms with Crippen molar-refractivity contribution in [3.05, 3.63) is 70.8 Å². The van der Waals surface area contributed by atoms with E-state index in [2.05, 4.69) is 0 Å². The van der Waals surface area contributed by atoms with E-state index in [1.165, 1.54) is 0 Å². The van der Waals surface area contributed by atoms with Crippen molar-refractivity contribution in [3.63, 3.8) is 0 Å². The van der Waals surface area contributed by atoms with Crippen molar-refractivity contribution in [2.24, 2.45) is 0 Å². The monoisotopic (exact) mass is 348 g/mol. The largest absolute Gasteiger partial charge is 0.416 e. The Bertz CT molecular complexity index is 714. The van der Waals surface area contributed by atoms with E-state index in [4.69, 9.17) is 0 Å². The number of hydrogen-bond acceptors (Lipinski definition) is 2. The zero-order chi connectivity index (χ0) is 18.1. The first-order chi connectivity index (χ1) is 11.0. The number of Topliss-reactive ketones (excluding diaryl/α,β-unsaturated/α-hetero) is 1. The molecule has 8 heteroatoms. The predicted molar refractivity (Wildman–Crippen MR) is 72.2 cm³/mol. The molecule has 0 fully saturated rings. The van der Waals surface area contributed by atoms with Gasteiger partial charge in [0.15, 0.2) is 5.78 Å².